The van der Waals surface area contributed by atoms with Gasteiger partial charge in [-0.15, -0.1) is 0 Å². The summed E-state index contributed by atoms with van der Waals surface area (Å²) in [6, 6.07) is 15.8. The Kier molecular flexibility index (Phi) is 7.22. The van der Waals surface area contributed by atoms with Crippen LogP contribution in [0.15, 0.2) is 48.5 Å². The summed E-state index contributed by atoms with van der Waals surface area (Å²) in [6.07, 6.45) is 0.0499. The molecule has 158 valence electrons. The highest BCUT2D eigenvalue weighted by atomic mass is 16.5. The van der Waals surface area contributed by atoms with E-state index in [-0.39, 0.29) is 31.1 Å². The maximum atomic E-state index is 12.4. The van der Waals surface area contributed by atoms with Crippen molar-refractivity contribution in [1.82, 2.24) is 4.90 Å². The van der Waals surface area contributed by atoms with Gasteiger partial charge in [0.2, 0.25) is 0 Å². The summed E-state index contributed by atoms with van der Waals surface area (Å²) >= 11 is 0. The fourth-order valence-electron chi connectivity index (χ4n) is 3.55. The van der Waals surface area contributed by atoms with Crippen LogP contribution in [0, 0.1) is 13.8 Å². The predicted molar refractivity (Wildman–Crippen MR) is 116 cm³/mol. The van der Waals surface area contributed by atoms with Crippen LogP contribution in [0.25, 0.3) is 0 Å². The van der Waals surface area contributed by atoms with Crippen molar-refractivity contribution < 1.29 is 19.1 Å². The monoisotopic (exact) mass is 408 g/mol. The SMILES string of the molecule is Cc1ccc(C)c(C(=O)CCC(=O)OCC(=O)N2CCN(c3ccccc3)CC2)c1. The molecule has 30 heavy (non-hydrogen) atoms. The van der Waals surface area contributed by atoms with Crippen molar-refractivity contribution in [2.24, 2.45) is 0 Å². The fourth-order valence-corrected chi connectivity index (χ4v) is 3.55. The molecule has 1 aliphatic heterocycles. The number of amides is 1. The lowest BCUT2D eigenvalue weighted by molar-refractivity contribution is -0.152. The molecule has 0 bridgehead atoms. The third-order valence-electron chi connectivity index (χ3n) is 5.36. The van der Waals surface area contributed by atoms with Crippen LogP contribution in [0.5, 0.6) is 0 Å². The molecule has 0 aliphatic carbocycles. The smallest absolute Gasteiger partial charge is 0.306 e. The average molecular weight is 408 g/mol. The molecule has 0 unspecified atom stereocenters. The molecule has 0 N–H and O–H groups in total. The highest BCUT2D eigenvalue weighted by Crippen LogP contribution is 2.16. The topological polar surface area (TPSA) is 66.9 Å². The molecule has 2 aromatic carbocycles. The molecule has 0 aromatic heterocycles. The molecule has 1 fully saturated rings. The summed E-state index contributed by atoms with van der Waals surface area (Å²) in [5.41, 5.74) is 3.67. The van der Waals surface area contributed by atoms with Gasteiger partial charge in [0.15, 0.2) is 12.4 Å². The molecule has 0 spiro atoms. The number of aryl methyl sites for hydroxylation is 2. The number of hydrogen-bond donors (Lipinski definition) is 0. The minimum Gasteiger partial charge on any atom is -0.456 e. The van der Waals surface area contributed by atoms with Gasteiger partial charge in [-0.3, -0.25) is 14.4 Å². The van der Waals surface area contributed by atoms with Crippen molar-refractivity contribution in [2.45, 2.75) is 26.7 Å². The minimum atomic E-state index is -0.523. The van der Waals surface area contributed by atoms with E-state index in [0.29, 0.717) is 18.7 Å². The first-order valence-electron chi connectivity index (χ1n) is 10.3. The van der Waals surface area contributed by atoms with E-state index in [1.807, 2.05) is 50.2 Å². The molecule has 0 atom stereocenters. The second-order valence-corrected chi connectivity index (χ2v) is 7.61. The van der Waals surface area contributed by atoms with Crippen LogP contribution in [0.1, 0.15) is 34.3 Å². The van der Waals surface area contributed by atoms with Gasteiger partial charge < -0.3 is 14.5 Å². The average Bonchev–Trinajstić information content (AvgIpc) is 2.78. The summed E-state index contributed by atoms with van der Waals surface area (Å²) in [4.78, 5) is 40.7. The van der Waals surface area contributed by atoms with Crippen LogP contribution in [-0.4, -0.2) is 55.3 Å². The van der Waals surface area contributed by atoms with E-state index in [0.717, 1.165) is 29.9 Å². The van der Waals surface area contributed by atoms with E-state index in [1.165, 1.54) is 0 Å². The quantitative estimate of drug-likeness (QED) is 0.520. The molecule has 3 rings (SSSR count). The van der Waals surface area contributed by atoms with Crippen LogP contribution in [0.4, 0.5) is 5.69 Å². The summed E-state index contributed by atoms with van der Waals surface area (Å²) < 4.78 is 5.11. The number of rotatable bonds is 7. The molecule has 1 amide bonds. The maximum Gasteiger partial charge on any atom is 0.306 e. The molecule has 0 radical (unpaired) electrons. The number of carbonyl (C=O) groups is 3. The van der Waals surface area contributed by atoms with E-state index in [4.69, 9.17) is 4.74 Å². The van der Waals surface area contributed by atoms with E-state index in [2.05, 4.69) is 17.0 Å². The van der Waals surface area contributed by atoms with Crippen LogP contribution >= 0.6 is 0 Å². The third kappa shape index (κ3) is 5.69. The number of hydrogen-bond acceptors (Lipinski definition) is 5. The summed E-state index contributed by atoms with van der Waals surface area (Å²) in [7, 11) is 0. The van der Waals surface area contributed by atoms with Gasteiger partial charge in [0.05, 0.1) is 6.42 Å². The van der Waals surface area contributed by atoms with Crippen LogP contribution in [0.2, 0.25) is 0 Å². The number of piperazine rings is 1. The third-order valence-corrected chi connectivity index (χ3v) is 5.36. The number of carbonyl (C=O) groups excluding carboxylic acids is 3. The number of benzene rings is 2. The first kappa shape index (κ1) is 21.6. The Morgan fingerprint density at radius 3 is 2.30 bits per heavy atom. The van der Waals surface area contributed by atoms with Crippen molar-refractivity contribution in [3.63, 3.8) is 0 Å². The number of para-hydroxylation sites is 1. The lowest BCUT2D eigenvalue weighted by atomic mass is 9.99. The molecule has 6 heteroatoms. The van der Waals surface area contributed by atoms with Crippen LogP contribution < -0.4 is 4.90 Å². The lowest BCUT2D eigenvalue weighted by Crippen LogP contribution is -2.49. The van der Waals surface area contributed by atoms with Gasteiger partial charge in [0.25, 0.3) is 5.91 Å². The van der Waals surface area contributed by atoms with Gasteiger partial charge in [-0.2, -0.15) is 0 Å². The highest BCUT2D eigenvalue weighted by Gasteiger charge is 2.22. The van der Waals surface area contributed by atoms with Gasteiger partial charge in [0, 0.05) is 43.9 Å². The Balaban J connectivity index is 1.39. The van der Waals surface area contributed by atoms with E-state index < -0.39 is 5.97 Å². The minimum absolute atomic E-state index is 0.0265. The first-order valence-corrected chi connectivity index (χ1v) is 10.3. The van der Waals surface area contributed by atoms with Crippen molar-refractivity contribution in [3.05, 3.63) is 65.2 Å². The second-order valence-electron chi connectivity index (χ2n) is 7.61. The van der Waals surface area contributed by atoms with Crippen molar-refractivity contribution in [1.29, 1.82) is 0 Å². The highest BCUT2D eigenvalue weighted by molar-refractivity contribution is 5.99. The van der Waals surface area contributed by atoms with Gasteiger partial charge in [-0.25, -0.2) is 0 Å². The molecular weight excluding hydrogens is 380 g/mol. The molecular formula is C24H28N2O4. The summed E-state index contributed by atoms with van der Waals surface area (Å²) in [5.74, 6) is -0.807. The molecule has 1 heterocycles. The largest absolute Gasteiger partial charge is 0.456 e. The number of anilines is 1. The number of Topliss-reactive ketones (excluding diaryl/α,β-unsaturated/α-hetero) is 1. The number of ketones is 1. The van der Waals surface area contributed by atoms with Crippen LogP contribution in [0.3, 0.4) is 0 Å². The van der Waals surface area contributed by atoms with E-state index in [9.17, 15) is 14.4 Å². The number of nitrogens with zero attached hydrogens (tertiary/aromatic N) is 2. The van der Waals surface area contributed by atoms with Gasteiger partial charge >= 0.3 is 5.97 Å². The Bertz CT molecular complexity index is 903. The molecule has 1 aliphatic rings. The standard InChI is InChI=1S/C24H28N2O4/c1-18-8-9-19(2)21(16-18)22(27)10-11-24(29)30-17-23(28)26-14-12-25(13-15-26)20-6-4-3-5-7-20/h3-9,16H,10-15,17H2,1-2H3. The Morgan fingerprint density at radius 1 is 0.900 bits per heavy atom. The summed E-state index contributed by atoms with van der Waals surface area (Å²) in [5, 5.41) is 0. The molecule has 2 aromatic rings. The van der Waals surface area contributed by atoms with Crippen molar-refractivity contribution in [2.75, 3.05) is 37.7 Å². The zero-order valence-electron chi connectivity index (χ0n) is 17.6. The van der Waals surface area contributed by atoms with E-state index in [1.54, 1.807) is 4.90 Å². The van der Waals surface area contributed by atoms with Crippen LogP contribution in [-0.2, 0) is 14.3 Å². The molecule has 6 nitrogen and oxygen atoms in total. The predicted octanol–water partition coefficient (Wildman–Crippen LogP) is 3.16. The van der Waals surface area contributed by atoms with Gasteiger partial charge in [0.1, 0.15) is 0 Å². The molecule has 1 saturated heterocycles. The second kappa shape index (κ2) is 10.1. The zero-order valence-corrected chi connectivity index (χ0v) is 17.6. The Labute approximate surface area is 177 Å². The van der Waals surface area contributed by atoms with Gasteiger partial charge in [-0.05, 0) is 37.6 Å². The Hall–Kier alpha value is -3.15. The number of ether oxygens (including phenoxy) is 1. The molecule has 0 saturated carbocycles. The number of esters is 1. The van der Waals surface area contributed by atoms with Crippen molar-refractivity contribution >= 4 is 23.3 Å². The van der Waals surface area contributed by atoms with Gasteiger partial charge in [-0.1, -0.05) is 35.9 Å². The fraction of sp³-hybridized carbons (Fsp3) is 0.375. The Morgan fingerprint density at radius 2 is 1.60 bits per heavy atom. The first-order chi connectivity index (χ1) is 14.4. The maximum absolute atomic E-state index is 12.4. The normalized spacial score (nSPS) is 13.8. The van der Waals surface area contributed by atoms with E-state index >= 15 is 0 Å². The summed E-state index contributed by atoms with van der Waals surface area (Å²) in [6.45, 7) is 6.20. The zero-order chi connectivity index (χ0) is 21.5. The van der Waals surface area contributed by atoms with Crippen molar-refractivity contribution in [3.8, 4) is 0 Å². The lowest BCUT2D eigenvalue weighted by Gasteiger charge is -2.36.